The molecule has 2 aliphatic heterocycles. The lowest BCUT2D eigenvalue weighted by molar-refractivity contribution is -0.117. The van der Waals surface area contributed by atoms with Crippen LogP contribution in [0.3, 0.4) is 0 Å². The Kier molecular flexibility index (Phi) is 3.21. The molecule has 2 aliphatic rings. The third-order valence-corrected chi connectivity index (χ3v) is 4.64. The molecule has 0 aromatic heterocycles. The van der Waals surface area contributed by atoms with Crippen molar-refractivity contribution in [2.24, 2.45) is 5.41 Å². The lowest BCUT2D eigenvalue weighted by Crippen LogP contribution is -2.37. The molecule has 1 saturated heterocycles. The van der Waals surface area contributed by atoms with E-state index in [9.17, 15) is 4.79 Å². The Labute approximate surface area is 120 Å². The van der Waals surface area contributed by atoms with E-state index in [1.165, 1.54) is 18.5 Å². The van der Waals surface area contributed by atoms with Crippen molar-refractivity contribution in [3.05, 3.63) is 23.8 Å². The van der Waals surface area contributed by atoms with Crippen LogP contribution in [0.5, 0.6) is 0 Å². The van der Waals surface area contributed by atoms with E-state index in [1.54, 1.807) is 0 Å². The maximum Gasteiger partial charge on any atom is 0.246 e. The fraction of sp³-hybridized carbons (Fsp3) is 0.562. The van der Waals surface area contributed by atoms with E-state index in [0.717, 1.165) is 24.3 Å². The van der Waals surface area contributed by atoms with Gasteiger partial charge in [0, 0.05) is 30.0 Å². The summed E-state index contributed by atoms with van der Waals surface area (Å²) < 4.78 is 0. The van der Waals surface area contributed by atoms with Gasteiger partial charge in [0.2, 0.25) is 5.91 Å². The highest BCUT2D eigenvalue weighted by molar-refractivity contribution is 6.03. The number of hydrogen-bond acceptors (Lipinski definition) is 3. The number of piperidine rings is 1. The number of benzene rings is 1. The molecule has 3 rings (SSSR count). The van der Waals surface area contributed by atoms with Crippen molar-refractivity contribution in [2.75, 3.05) is 30.4 Å². The van der Waals surface area contributed by atoms with Crippen LogP contribution < -0.4 is 15.5 Å². The molecule has 1 aromatic rings. The van der Waals surface area contributed by atoms with Gasteiger partial charge in [-0.05, 0) is 37.4 Å². The minimum Gasteiger partial charge on any atom is -0.371 e. The summed E-state index contributed by atoms with van der Waals surface area (Å²) in [6.07, 6.45) is 2.44. The van der Waals surface area contributed by atoms with Crippen LogP contribution in [0.4, 0.5) is 11.4 Å². The smallest absolute Gasteiger partial charge is 0.246 e. The third kappa shape index (κ3) is 2.29. The molecule has 20 heavy (non-hydrogen) atoms. The number of nitrogens with one attached hydrogen (secondary N) is 2. The highest BCUT2D eigenvalue weighted by atomic mass is 16.2. The van der Waals surface area contributed by atoms with E-state index in [0.29, 0.717) is 5.41 Å². The molecule has 1 atom stereocenters. The van der Waals surface area contributed by atoms with Crippen molar-refractivity contribution in [3.63, 3.8) is 0 Å². The SMILES string of the molecule is CNC1C(=O)Nc2cc(N3CCC(C)(C)CC3)ccc21. The van der Waals surface area contributed by atoms with E-state index >= 15 is 0 Å². The van der Waals surface area contributed by atoms with Crippen LogP contribution in [0.2, 0.25) is 0 Å². The Morgan fingerprint density at radius 2 is 2.00 bits per heavy atom. The second-order valence-electron chi connectivity index (χ2n) is 6.63. The molecule has 4 nitrogen and oxygen atoms in total. The van der Waals surface area contributed by atoms with E-state index < -0.39 is 0 Å². The molecular weight excluding hydrogens is 250 g/mol. The molecule has 4 heteroatoms. The Morgan fingerprint density at radius 1 is 1.30 bits per heavy atom. The summed E-state index contributed by atoms with van der Waals surface area (Å²) in [5.74, 6) is 0.0411. The second kappa shape index (κ2) is 4.77. The van der Waals surface area contributed by atoms with E-state index in [-0.39, 0.29) is 11.9 Å². The van der Waals surface area contributed by atoms with Gasteiger partial charge in [-0.2, -0.15) is 0 Å². The summed E-state index contributed by atoms with van der Waals surface area (Å²) in [5, 5.41) is 6.02. The molecule has 2 N–H and O–H groups in total. The molecule has 108 valence electrons. The number of carbonyl (C=O) groups is 1. The lowest BCUT2D eigenvalue weighted by atomic mass is 9.82. The highest BCUT2D eigenvalue weighted by Gasteiger charge is 2.30. The molecule has 0 radical (unpaired) electrons. The topological polar surface area (TPSA) is 44.4 Å². The van der Waals surface area contributed by atoms with Gasteiger partial charge < -0.3 is 15.5 Å². The first-order chi connectivity index (χ1) is 9.50. The van der Waals surface area contributed by atoms with Crippen LogP contribution in [-0.2, 0) is 4.79 Å². The fourth-order valence-electron chi connectivity index (χ4n) is 3.10. The van der Waals surface area contributed by atoms with Crippen LogP contribution in [0.1, 0.15) is 38.3 Å². The van der Waals surface area contributed by atoms with Gasteiger partial charge >= 0.3 is 0 Å². The number of hydrogen-bond donors (Lipinski definition) is 2. The second-order valence-corrected chi connectivity index (χ2v) is 6.63. The number of fused-ring (bicyclic) bond motifs is 1. The Morgan fingerprint density at radius 3 is 2.65 bits per heavy atom. The zero-order valence-electron chi connectivity index (χ0n) is 12.5. The predicted octanol–water partition coefficient (Wildman–Crippen LogP) is 2.53. The first kappa shape index (κ1) is 13.4. The molecule has 1 aromatic carbocycles. The summed E-state index contributed by atoms with van der Waals surface area (Å²) in [7, 11) is 1.82. The fourth-order valence-corrected chi connectivity index (χ4v) is 3.10. The number of nitrogens with zero attached hydrogens (tertiary/aromatic N) is 1. The van der Waals surface area contributed by atoms with Crippen molar-refractivity contribution >= 4 is 17.3 Å². The molecule has 0 saturated carbocycles. The molecule has 1 unspecified atom stereocenters. The average molecular weight is 273 g/mol. The third-order valence-electron chi connectivity index (χ3n) is 4.64. The zero-order chi connectivity index (χ0) is 14.3. The van der Waals surface area contributed by atoms with Crippen LogP contribution in [-0.4, -0.2) is 26.0 Å². The average Bonchev–Trinajstić information content (AvgIpc) is 2.72. The Hall–Kier alpha value is -1.55. The van der Waals surface area contributed by atoms with Crippen molar-refractivity contribution in [2.45, 2.75) is 32.7 Å². The quantitative estimate of drug-likeness (QED) is 0.870. The normalized spacial score (nSPS) is 24.4. The maximum atomic E-state index is 11.8. The zero-order valence-corrected chi connectivity index (χ0v) is 12.5. The Balaban J connectivity index is 1.81. The van der Waals surface area contributed by atoms with Crippen molar-refractivity contribution in [1.82, 2.24) is 5.32 Å². The minimum atomic E-state index is -0.209. The van der Waals surface area contributed by atoms with Gasteiger partial charge in [-0.15, -0.1) is 0 Å². The van der Waals surface area contributed by atoms with Gasteiger partial charge in [-0.3, -0.25) is 4.79 Å². The molecule has 1 amide bonds. The van der Waals surface area contributed by atoms with Gasteiger partial charge in [0.25, 0.3) is 0 Å². The Bertz CT molecular complexity index is 529. The molecule has 0 bridgehead atoms. The van der Waals surface area contributed by atoms with Crippen molar-refractivity contribution in [3.8, 4) is 0 Å². The van der Waals surface area contributed by atoms with E-state index in [1.807, 2.05) is 7.05 Å². The van der Waals surface area contributed by atoms with Gasteiger partial charge in [0.1, 0.15) is 6.04 Å². The number of anilines is 2. The first-order valence-electron chi connectivity index (χ1n) is 7.37. The van der Waals surface area contributed by atoms with Gasteiger partial charge in [0.15, 0.2) is 0 Å². The van der Waals surface area contributed by atoms with Crippen LogP contribution in [0.25, 0.3) is 0 Å². The van der Waals surface area contributed by atoms with Crippen LogP contribution in [0, 0.1) is 5.41 Å². The summed E-state index contributed by atoms with van der Waals surface area (Å²) >= 11 is 0. The number of likely N-dealkylation sites (N-methyl/N-ethyl adjacent to an activating group) is 1. The molecule has 1 fully saturated rings. The van der Waals surface area contributed by atoms with Crippen molar-refractivity contribution < 1.29 is 4.79 Å². The van der Waals surface area contributed by atoms with E-state index in [4.69, 9.17) is 0 Å². The largest absolute Gasteiger partial charge is 0.371 e. The van der Waals surface area contributed by atoms with Crippen molar-refractivity contribution in [1.29, 1.82) is 0 Å². The molecular formula is C16H23N3O. The summed E-state index contributed by atoms with van der Waals surface area (Å²) in [5.41, 5.74) is 3.69. The number of carbonyl (C=O) groups excluding carboxylic acids is 1. The summed E-state index contributed by atoms with van der Waals surface area (Å²) in [6, 6.07) is 6.12. The minimum absolute atomic E-state index is 0.0411. The monoisotopic (exact) mass is 273 g/mol. The molecule has 2 heterocycles. The number of rotatable bonds is 2. The maximum absolute atomic E-state index is 11.8. The number of amides is 1. The van der Waals surface area contributed by atoms with Gasteiger partial charge in [-0.25, -0.2) is 0 Å². The van der Waals surface area contributed by atoms with Crippen LogP contribution >= 0.6 is 0 Å². The standard InChI is InChI=1S/C16H23N3O/c1-16(2)6-8-19(9-7-16)11-4-5-12-13(10-11)18-15(20)14(12)17-3/h4-5,10,14,17H,6-9H2,1-3H3,(H,18,20). The summed E-state index contributed by atoms with van der Waals surface area (Å²) in [6.45, 7) is 6.86. The van der Waals surface area contributed by atoms with Crippen LogP contribution in [0.15, 0.2) is 18.2 Å². The first-order valence-corrected chi connectivity index (χ1v) is 7.37. The summed E-state index contributed by atoms with van der Waals surface area (Å²) in [4.78, 5) is 14.3. The molecule has 0 aliphatic carbocycles. The lowest BCUT2D eigenvalue weighted by Gasteiger charge is -2.38. The molecule has 0 spiro atoms. The van der Waals surface area contributed by atoms with E-state index in [2.05, 4.69) is 47.6 Å². The highest BCUT2D eigenvalue weighted by Crippen LogP contribution is 2.36. The van der Waals surface area contributed by atoms with Gasteiger partial charge in [0.05, 0.1) is 0 Å². The van der Waals surface area contributed by atoms with Gasteiger partial charge in [-0.1, -0.05) is 19.9 Å². The predicted molar refractivity (Wildman–Crippen MR) is 82.1 cm³/mol.